The SMILES string of the molecule is CC(=O)CCOCCOCCOCCOCCOCCOCCOCCOCCN. The van der Waals surface area contributed by atoms with Crippen LogP contribution in [0, 0.1) is 0 Å². The van der Waals surface area contributed by atoms with Gasteiger partial charge in [-0.3, -0.25) is 4.79 Å². The Kier molecular flexibility index (Phi) is 25.7. The molecule has 0 aromatic heterocycles. The average molecular weight is 440 g/mol. The van der Waals surface area contributed by atoms with Gasteiger partial charge < -0.3 is 43.6 Å². The van der Waals surface area contributed by atoms with Crippen LogP contribution in [0.5, 0.6) is 0 Å². The van der Waals surface area contributed by atoms with Crippen molar-refractivity contribution in [2.75, 3.05) is 112 Å². The predicted octanol–water partition coefficient (Wildman–Crippen LogP) is 0.0570. The van der Waals surface area contributed by atoms with E-state index in [1.54, 1.807) is 6.92 Å². The fourth-order valence-corrected chi connectivity index (χ4v) is 1.94. The summed E-state index contributed by atoms with van der Waals surface area (Å²) in [6, 6.07) is 0. The molecule has 10 nitrogen and oxygen atoms in total. The highest BCUT2D eigenvalue weighted by Gasteiger charge is 1.96. The van der Waals surface area contributed by atoms with Gasteiger partial charge in [0.1, 0.15) is 5.78 Å². The topological polar surface area (TPSA) is 117 Å². The molecule has 0 aliphatic carbocycles. The molecule has 0 atom stereocenters. The minimum Gasteiger partial charge on any atom is -0.379 e. The van der Waals surface area contributed by atoms with Gasteiger partial charge in [0, 0.05) is 13.0 Å². The van der Waals surface area contributed by atoms with Gasteiger partial charge in [-0.15, -0.1) is 0 Å². The fourth-order valence-electron chi connectivity index (χ4n) is 1.94. The summed E-state index contributed by atoms with van der Waals surface area (Å²) in [5.41, 5.74) is 5.30. The highest BCUT2D eigenvalue weighted by Crippen LogP contribution is 1.87. The summed E-state index contributed by atoms with van der Waals surface area (Å²) in [5, 5.41) is 0. The number of ether oxygens (including phenoxy) is 8. The third kappa shape index (κ3) is 27.3. The Morgan fingerprint density at radius 3 is 0.933 bits per heavy atom. The van der Waals surface area contributed by atoms with E-state index in [1.807, 2.05) is 0 Å². The molecule has 0 bridgehead atoms. The standard InChI is InChI=1S/C20H41NO9/c1-20(22)2-4-23-6-8-25-10-12-27-14-16-29-18-19-30-17-15-28-13-11-26-9-7-24-5-3-21/h2-19,21H2,1H3. The molecule has 0 spiro atoms. The largest absolute Gasteiger partial charge is 0.379 e. The summed E-state index contributed by atoms with van der Waals surface area (Å²) in [6.07, 6.45) is 0.449. The molecule has 180 valence electrons. The third-order valence-corrected chi connectivity index (χ3v) is 3.46. The summed E-state index contributed by atoms with van der Waals surface area (Å²) >= 11 is 0. The van der Waals surface area contributed by atoms with Crippen LogP contribution in [-0.4, -0.2) is 118 Å². The first-order valence-electron chi connectivity index (χ1n) is 10.6. The van der Waals surface area contributed by atoms with E-state index in [1.165, 1.54) is 0 Å². The monoisotopic (exact) mass is 439 g/mol. The van der Waals surface area contributed by atoms with Crippen molar-refractivity contribution in [1.82, 2.24) is 0 Å². The lowest BCUT2D eigenvalue weighted by molar-refractivity contribution is -0.118. The number of carbonyl (C=O) groups excluding carboxylic acids is 1. The second kappa shape index (κ2) is 26.3. The van der Waals surface area contributed by atoms with Crippen LogP contribution in [0.15, 0.2) is 0 Å². The molecule has 30 heavy (non-hydrogen) atoms. The van der Waals surface area contributed by atoms with Crippen LogP contribution in [0.25, 0.3) is 0 Å². The molecule has 0 radical (unpaired) electrons. The molecule has 0 aromatic rings. The van der Waals surface area contributed by atoms with Crippen molar-refractivity contribution in [1.29, 1.82) is 0 Å². The molecule has 0 heterocycles. The number of hydrogen-bond donors (Lipinski definition) is 1. The molecule has 0 rings (SSSR count). The fraction of sp³-hybridized carbons (Fsp3) is 0.950. The molecule has 10 heteroatoms. The second-order valence-corrected chi connectivity index (χ2v) is 6.14. The lowest BCUT2D eigenvalue weighted by Gasteiger charge is -2.08. The van der Waals surface area contributed by atoms with Crippen LogP contribution in [0.4, 0.5) is 0 Å². The van der Waals surface area contributed by atoms with Gasteiger partial charge in [0.2, 0.25) is 0 Å². The molecule has 0 aliphatic heterocycles. The maximum Gasteiger partial charge on any atom is 0.132 e. The van der Waals surface area contributed by atoms with E-state index in [0.29, 0.717) is 119 Å². The van der Waals surface area contributed by atoms with E-state index < -0.39 is 0 Å². The summed E-state index contributed by atoms with van der Waals surface area (Å²) in [4.78, 5) is 10.7. The molecule has 0 aliphatic rings. The Balaban J connectivity index is 2.99. The number of Topliss-reactive ketones (excluding diaryl/α,β-unsaturated/α-hetero) is 1. The van der Waals surface area contributed by atoms with Gasteiger partial charge in [-0.2, -0.15) is 0 Å². The summed E-state index contributed by atoms with van der Waals surface area (Å²) in [6.45, 7) is 10.4. The van der Waals surface area contributed by atoms with E-state index in [4.69, 9.17) is 43.6 Å². The minimum atomic E-state index is 0.130. The molecular weight excluding hydrogens is 398 g/mol. The highest BCUT2D eigenvalue weighted by atomic mass is 16.6. The Hall–Kier alpha value is -0.690. The lowest BCUT2D eigenvalue weighted by atomic mass is 10.3. The highest BCUT2D eigenvalue weighted by molar-refractivity contribution is 5.75. The molecule has 0 saturated heterocycles. The Morgan fingerprint density at radius 1 is 0.467 bits per heavy atom. The van der Waals surface area contributed by atoms with Gasteiger partial charge in [-0.05, 0) is 6.92 Å². The number of carbonyl (C=O) groups is 1. The van der Waals surface area contributed by atoms with Crippen LogP contribution in [0.1, 0.15) is 13.3 Å². The first-order valence-corrected chi connectivity index (χ1v) is 10.6. The van der Waals surface area contributed by atoms with Crippen molar-refractivity contribution in [2.45, 2.75) is 13.3 Å². The summed E-state index contributed by atoms with van der Waals surface area (Å²) < 4.78 is 42.7. The van der Waals surface area contributed by atoms with Crippen molar-refractivity contribution in [3.05, 3.63) is 0 Å². The van der Waals surface area contributed by atoms with Gasteiger partial charge in [0.25, 0.3) is 0 Å². The summed E-state index contributed by atoms with van der Waals surface area (Å²) in [5.74, 6) is 0.130. The zero-order chi connectivity index (χ0) is 22.0. The summed E-state index contributed by atoms with van der Waals surface area (Å²) in [7, 11) is 0. The molecule has 0 amide bonds. The Labute approximate surface area is 180 Å². The maximum absolute atomic E-state index is 10.7. The number of hydrogen-bond acceptors (Lipinski definition) is 10. The normalized spacial score (nSPS) is 11.3. The zero-order valence-electron chi connectivity index (χ0n) is 18.5. The van der Waals surface area contributed by atoms with E-state index in [9.17, 15) is 4.79 Å². The van der Waals surface area contributed by atoms with Crippen molar-refractivity contribution in [3.63, 3.8) is 0 Å². The van der Waals surface area contributed by atoms with Crippen LogP contribution in [0.3, 0.4) is 0 Å². The lowest BCUT2D eigenvalue weighted by Crippen LogP contribution is -2.15. The third-order valence-electron chi connectivity index (χ3n) is 3.46. The zero-order valence-corrected chi connectivity index (χ0v) is 18.5. The maximum atomic E-state index is 10.7. The second-order valence-electron chi connectivity index (χ2n) is 6.14. The van der Waals surface area contributed by atoms with Gasteiger partial charge >= 0.3 is 0 Å². The van der Waals surface area contributed by atoms with Gasteiger partial charge in [-0.1, -0.05) is 0 Å². The van der Waals surface area contributed by atoms with E-state index >= 15 is 0 Å². The van der Waals surface area contributed by atoms with Gasteiger partial charge in [0.15, 0.2) is 0 Å². The van der Waals surface area contributed by atoms with E-state index in [2.05, 4.69) is 0 Å². The van der Waals surface area contributed by atoms with Gasteiger partial charge in [0.05, 0.1) is 106 Å². The smallest absolute Gasteiger partial charge is 0.132 e. The van der Waals surface area contributed by atoms with Crippen LogP contribution < -0.4 is 5.73 Å². The van der Waals surface area contributed by atoms with Crippen molar-refractivity contribution in [2.24, 2.45) is 5.73 Å². The van der Waals surface area contributed by atoms with Crippen LogP contribution >= 0.6 is 0 Å². The number of rotatable bonds is 26. The number of nitrogens with two attached hydrogens (primary N) is 1. The molecule has 0 aromatic carbocycles. The molecule has 0 unspecified atom stereocenters. The molecule has 0 fully saturated rings. The van der Waals surface area contributed by atoms with E-state index in [-0.39, 0.29) is 5.78 Å². The van der Waals surface area contributed by atoms with Crippen molar-refractivity contribution in [3.8, 4) is 0 Å². The average Bonchev–Trinajstić information content (AvgIpc) is 2.73. The van der Waals surface area contributed by atoms with Crippen molar-refractivity contribution < 1.29 is 42.7 Å². The quantitative estimate of drug-likeness (QED) is 0.185. The minimum absolute atomic E-state index is 0.130. The number of ketones is 1. The molecular formula is C20H41NO9. The van der Waals surface area contributed by atoms with E-state index in [0.717, 1.165) is 0 Å². The molecule has 0 saturated carbocycles. The van der Waals surface area contributed by atoms with Crippen LogP contribution in [0.2, 0.25) is 0 Å². The first-order chi connectivity index (χ1) is 14.8. The van der Waals surface area contributed by atoms with Crippen molar-refractivity contribution >= 4 is 5.78 Å². The molecule has 2 N–H and O–H groups in total. The Morgan fingerprint density at radius 2 is 0.700 bits per heavy atom. The van der Waals surface area contributed by atoms with Gasteiger partial charge in [-0.25, -0.2) is 0 Å². The predicted molar refractivity (Wildman–Crippen MR) is 111 cm³/mol. The van der Waals surface area contributed by atoms with Crippen LogP contribution in [-0.2, 0) is 42.7 Å². The Bertz CT molecular complexity index is 348. The first kappa shape index (κ1) is 29.3.